The number of hydrogen-bond acceptors (Lipinski definition) is 7. The third-order valence-corrected chi connectivity index (χ3v) is 5.58. The topological polar surface area (TPSA) is 84.7 Å². The molecule has 1 amide bonds. The van der Waals surface area contributed by atoms with Crippen molar-refractivity contribution >= 4 is 28.0 Å². The highest BCUT2D eigenvalue weighted by Gasteiger charge is 2.32. The molecule has 3 aromatic heterocycles. The molecule has 4 rings (SSSR count). The van der Waals surface area contributed by atoms with E-state index in [9.17, 15) is 9.18 Å². The van der Waals surface area contributed by atoms with Crippen LogP contribution in [-0.2, 0) is 11.3 Å². The Labute approximate surface area is 165 Å². The maximum atomic E-state index is 14.1. The molecule has 148 valence electrons. The van der Waals surface area contributed by atoms with Gasteiger partial charge in [0.15, 0.2) is 10.8 Å². The van der Waals surface area contributed by atoms with Crippen LogP contribution in [0.3, 0.4) is 0 Å². The lowest BCUT2D eigenvalue weighted by molar-refractivity contribution is -0.114. The molecule has 4 heterocycles. The molecule has 0 radical (unpaired) electrons. The molecule has 3 aromatic rings. The van der Waals surface area contributed by atoms with Crippen molar-refractivity contribution in [2.45, 2.75) is 45.9 Å². The molecule has 0 aromatic carbocycles. The largest absolute Gasteiger partial charge is 0.473 e. The van der Waals surface area contributed by atoms with Crippen LogP contribution in [0.25, 0.3) is 5.65 Å². The van der Waals surface area contributed by atoms with Gasteiger partial charge in [0.2, 0.25) is 17.7 Å². The van der Waals surface area contributed by atoms with Gasteiger partial charge in [0.1, 0.15) is 6.10 Å². The number of hydrogen-bond donors (Lipinski definition) is 1. The number of amides is 1. The Kier molecular flexibility index (Phi) is 4.98. The maximum Gasteiger partial charge on any atom is 0.230 e. The molecule has 10 heteroatoms. The second kappa shape index (κ2) is 7.44. The first-order valence-electron chi connectivity index (χ1n) is 9.04. The number of carbonyl (C=O) groups is 1. The van der Waals surface area contributed by atoms with Gasteiger partial charge < -0.3 is 10.1 Å². The number of nitrogens with zero attached hydrogens (tertiary/aromatic N) is 5. The summed E-state index contributed by atoms with van der Waals surface area (Å²) in [4.78, 5) is 22.1. The van der Waals surface area contributed by atoms with Crippen LogP contribution in [0.5, 0.6) is 5.88 Å². The Bertz CT molecular complexity index is 1020. The molecule has 1 aliphatic heterocycles. The van der Waals surface area contributed by atoms with E-state index < -0.39 is 5.95 Å². The van der Waals surface area contributed by atoms with Crippen molar-refractivity contribution in [3.05, 3.63) is 34.8 Å². The van der Waals surface area contributed by atoms with E-state index in [1.165, 1.54) is 6.92 Å². The Morgan fingerprint density at radius 3 is 3.07 bits per heavy atom. The standard InChI is InChI=1S/C18H21FN6O2S/c1-10-6-15-21-16(4-5-25(15)23-10)27-13-7-11(2)24(8-13)9-14-17(19)22-18(28-14)20-12(3)26/h4-6,11,13H,7-9H2,1-3H3,(H,20,22,26). The molecule has 1 N–H and O–H groups in total. The summed E-state index contributed by atoms with van der Waals surface area (Å²) < 4.78 is 21.9. The lowest BCUT2D eigenvalue weighted by Crippen LogP contribution is -2.28. The number of aryl methyl sites for hydroxylation is 1. The number of rotatable bonds is 5. The molecule has 0 saturated carbocycles. The van der Waals surface area contributed by atoms with Crippen molar-refractivity contribution in [1.82, 2.24) is 24.5 Å². The van der Waals surface area contributed by atoms with Gasteiger partial charge >= 0.3 is 0 Å². The fraction of sp³-hybridized carbons (Fsp3) is 0.444. The van der Waals surface area contributed by atoms with Crippen molar-refractivity contribution in [2.75, 3.05) is 11.9 Å². The zero-order valence-corrected chi connectivity index (χ0v) is 16.7. The lowest BCUT2D eigenvalue weighted by atomic mass is 10.2. The lowest BCUT2D eigenvalue weighted by Gasteiger charge is -2.19. The Balaban J connectivity index is 1.41. The summed E-state index contributed by atoms with van der Waals surface area (Å²) in [5.41, 5.74) is 1.64. The molecule has 0 bridgehead atoms. The van der Waals surface area contributed by atoms with Crippen LogP contribution in [0.2, 0.25) is 0 Å². The minimum atomic E-state index is -0.534. The first-order valence-corrected chi connectivity index (χ1v) is 9.85. The summed E-state index contributed by atoms with van der Waals surface area (Å²) in [5.74, 6) is -0.238. The van der Waals surface area contributed by atoms with Crippen molar-refractivity contribution < 1.29 is 13.9 Å². The van der Waals surface area contributed by atoms with Crippen LogP contribution >= 0.6 is 11.3 Å². The van der Waals surface area contributed by atoms with Crippen LogP contribution < -0.4 is 10.1 Å². The van der Waals surface area contributed by atoms with Gasteiger partial charge in [-0.15, -0.1) is 0 Å². The highest BCUT2D eigenvalue weighted by molar-refractivity contribution is 7.15. The molecule has 2 atom stereocenters. The third-order valence-electron chi connectivity index (χ3n) is 4.65. The summed E-state index contributed by atoms with van der Waals surface area (Å²) in [6, 6.07) is 3.93. The van der Waals surface area contributed by atoms with Gasteiger partial charge in [-0.3, -0.25) is 9.69 Å². The molecule has 0 aliphatic carbocycles. The van der Waals surface area contributed by atoms with Crippen molar-refractivity contribution in [2.24, 2.45) is 0 Å². The Morgan fingerprint density at radius 2 is 2.29 bits per heavy atom. The number of nitrogens with one attached hydrogen (secondary N) is 1. The minimum Gasteiger partial charge on any atom is -0.473 e. The van der Waals surface area contributed by atoms with E-state index in [1.54, 1.807) is 10.6 Å². The van der Waals surface area contributed by atoms with Gasteiger partial charge in [0.05, 0.1) is 10.6 Å². The number of fused-ring (bicyclic) bond motifs is 1. The summed E-state index contributed by atoms with van der Waals surface area (Å²) in [6.07, 6.45) is 2.63. The molecule has 1 aliphatic rings. The molecular formula is C18H21FN6O2S. The zero-order chi connectivity index (χ0) is 19.8. The fourth-order valence-electron chi connectivity index (χ4n) is 3.39. The average Bonchev–Trinajstić information content (AvgIpc) is 3.24. The van der Waals surface area contributed by atoms with Crippen LogP contribution in [0.15, 0.2) is 18.3 Å². The van der Waals surface area contributed by atoms with E-state index in [1.807, 2.05) is 19.2 Å². The number of likely N-dealkylation sites (tertiary alicyclic amines) is 1. The molecule has 8 nitrogen and oxygen atoms in total. The quantitative estimate of drug-likeness (QED) is 0.704. The fourth-order valence-corrected chi connectivity index (χ4v) is 4.30. The molecule has 1 fully saturated rings. The van der Waals surface area contributed by atoms with Crippen LogP contribution in [0.4, 0.5) is 9.52 Å². The molecular weight excluding hydrogens is 383 g/mol. The van der Waals surface area contributed by atoms with Gasteiger partial charge in [-0.05, 0) is 13.8 Å². The zero-order valence-electron chi connectivity index (χ0n) is 15.8. The summed E-state index contributed by atoms with van der Waals surface area (Å²) in [6.45, 7) is 6.48. The minimum absolute atomic E-state index is 0.0280. The number of carbonyl (C=O) groups excluding carboxylic acids is 1. The summed E-state index contributed by atoms with van der Waals surface area (Å²) in [5, 5.41) is 7.12. The molecule has 28 heavy (non-hydrogen) atoms. The number of thiazole rings is 1. The van der Waals surface area contributed by atoms with Crippen LogP contribution in [0.1, 0.15) is 30.8 Å². The Hall–Kier alpha value is -2.59. The first-order chi connectivity index (χ1) is 13.4. The van der Waals surface area contributed by atoms with Gasteiger partial charge in [0.25, 0.3) is 0 Å². The molecule has 0 spiro atoms. The molecule has 1 saturated heterocycles. The normalized spacial score (nSPS) is 20.0. The Morgan fingerprint density at radius 1 is 1.46 bits per heavy atom. The van der Waals surface area contributed by atoms with Gasteiger partial charge in [-0.1, -0.05) is 11.3 Å². The smallest absolute Gasteiger partial charge is 0.230 e. The molecule has 2 unspecified atom stereocenters. The summed E-state index contributed by atoms with van der Waals surface area (Å²) >= 11 is 1.16. The predicted molar refractivity (Wildman–Crippen MR) is 103 cm³/mol. The SMILES string of the molecule is CC(=O)Nc1nc(F)c(CN2CC(Oc3ccn4nc(C)cc4n3)CC2C)s1. The monoisotopic (exact) mass is 404 g/mol. The third kappa shape index (κ3) is 3.97. The van der Waals surface area contributed by atoms with E-state index in [-0.39, 0.29) is 23.2 Å². The van der Waals surface area contributed by atoms with Crippen molar-refractivity contribution in [1.29, 1.82) is 0 Å². The van der Waals surface area contributed by atoms with Crippen LogP contribution in [0, 0.1) is 12.9 Å². The second-order valence-electron chi connectivity index (χ2n) is 7.02. The average molecular weight is 404 g/mol. The van der Waals surface area contributed by atoms with Gasteiger partial charge in [-0.2, -0.15) is 19.5 Å². The highest BCUT2D eigenvalue weighted by atomic mass is 32.1. The number of ether oxygens (including phenoxy) is 1. The van der Waals surface area contributed by atoms with E-state index in [0.717, 1.165) is 29.1 Å². The van der Waals surface area contributed by atoms with Crippen LogP contribution in [-0.4, -0.2) is 49.1 Å². The van der Waals surface area contributed by atoms with Gasteiger partial charge in [0, 0.05) is 50.8 Å². The van der Waals surface area contributed by atoms with Gasteiger partial charge in [-0.25, -0.2) is 4.52 Å². The first kappa shape index (κ1) is 18.8. The van der Waals surface area contributed by atoms with Crippen molar-refractivity contribution in [3.63, 3.8) is 0 Å². The second-order valence-corrected chi connectivity index (χ2v) is 8.11. The van der Waals surface area contributed by atoms with E-state index in [0.29, 0.717) is 23.8 Å². The van der Waals surface area contributed by atoms with E-state index >= 15 is 0 Å². The number of anilines is 1. The highest BCUT2D eigenvalue weighted by Crippen LogP contribution is 2.28. The number of aromatic nitrogens is 4. The van der Waals surface area contributed by atoms with E-state index in [2.05, 4.69) is 32.2 Å². The number of halogens is 1. The predicted octanol–water partition coefficient (Wildman–Crippen LogP) is 2.63. The van der Waals surface area contributed by atoms with E-state index in [4.69, 9.17) is 4.74 Å². The summed E-state index contributed by atoms with van der Waals surface area (Å²) in [7, 11) is 0. The van der Waals surface area contributed by atoms with Crippen molar-refractivity contribution in [3.8, 4) is 5.88 Å². The maximum absolute atomic E-state index is 14.1.